The number of aryl methyl sites for hydroxylation is 2. The number of fused-ring (bicyclic) bond motifs is 3. The Morgan fingerprint density at radius 1 is 1.15 bits per heavy atom. The van der Waals surface area contributed by atoms with Crippen molar-refractivity contribution in [2.24, 2.45) is 17.8 Å². The number of ether oxygens (including phenoxy) is 1. The van der Waals surface area contributed by atoms with Crippen LogP contribution >= 0.6 is 0 Å². The van der Waals surface area contributed by atoms with E-state index >= 15 is 0 Å². The molecule has 41 heavy (non-hydrogen) atoms. The molecule has 2 aliphatic carbocycles. The van der Waals surface area contributed by atoms with Gasteiger partial charge in [-0.1, -0.05) is 37.6 Å². The van der Waals surface area contributed by atoms with Crippen LogP contribution in [0.5, 0.6) is 5.75 Å². The molecule has 5 unspecified atom stereocenters. The third-order valence-corrected chi connectivity index (χ3v) is 8.68. The zero-order valence-electron chi connectivity index (χ0n) is 23.6. The molecule has 5 rings (SSSR count). The minimum absolute atomic E-state index is 0.145. The molecule has 1 aliphatic heterocycles. The zero-order valence-corrected chi connectivity index (χ0v) is 23.6. The molecule has 2 aromatic rings. The highest BCUT2D eigenvalue weighted by molar-refractivity contribution is 5.93. The second-order valence-corrected chi connectivity index (χ2v) is 11.7. The van der Waals surface area contributed by atoms with Crippen molar-refractivity contribution in [2.75, 3.05) is 13.1 Å². The summed E-state index contributed by atoms with van der Waals surface area (Å²) < 4.78 is 20.6. The molecule has 8 heteroatoms. The van der Waals surface area contributed by atoms with Gasteiger partial charge in [-0.05, 0) is 73.3 Å². The second kappa shape index (κ2) is 12.6. The Balaban J connectivity index is 1.36. The zero-order chi connectivity index (χ0) is 29.0. The van der Waals surface area contributed by atoms with Crippen LogP contribution in [0.1, 0.15) is 62.1 Å². The first-order chi connectivity index (χ1) is 19.8. The van der Waals surface area contributed by atoms with Gasteiger partial charge in [0.15, 0.2) is 6.23 Å². The first kappa shape index (κ1) is 29.1. The van der Waals surface area contributed by atoms with Gasteiger partial charge in [-0.25, -0.2) is 4.39 Å². The highest BCUT2D eigenvalue weighted by Crippen LogP contribution is 2.49. The Hall–Kier alpha value is -3.41. The first-order valence-electron chi connectivity index (χ1n) is 14.8. The SMILES string of the molecule is C#CCC1C2C(=O)NCCCCCc3cc(F)cc(c3)OC(C(O)CNC3(c4cccc(CC)c4)CC3)NC(=O)C12. The van der Waals surface area contributed by atoms with Crippen molar-refractivity contribution in [3.05, 3.63) is 65.0 Å². The number of rotatable bonds is 7. The molecule has 0 radical (unpaired) electrons. The van der Waals surface area contributed by atoms with Gasteiger partial charge in [0, 0.05) is 31.1 Å². The Bertz CT molecular complexity index is 1300. The van der Waals surface area contributed by atoms with E-state index in [1.807, 2.05) is 6.07 Å². The van der Waals surface area contributed by atoms with Gasteiger partial charge in [0.05, 0.1) is 11.8 Å². The number of carbonyl (C=O) groups excluding carboxylic acids is 2. The Labute approximate surface area is 241 Å². The number of carbonyl (C=O) groups is 2. The van der Waals surface area contributed by atoms with Gasteiger partial charge in [-0.3, -0.25) is 9.59 Å². The number of benzene rings is 2. The van der Waals surface area contributed by atoms with Crippen LogP contribution in [-0.2, 0) is 28.0 Å². The van der Waals surface area contributed by atoms with Crippen LogP contribution in [-0.4, -0.2) is 42.3 Å². The van der Waals surface area contributed by atoms with Gasteiger partial charge < -0.3 is 25.8 Å². The number of terminal acetylenes is 1. The molecule has 2 saturated carbocycles. The lowest BCUT2D eigenvalue weighted by molar-refractivity contribution is -0.130. The maximum absolute atomic E-state index is 14.5. The van der Waals surface area contributed by atoms with E-state index in [1.54, 1.807) is 6.07 Å². The van der Waals surface area contributed by atoms with Gasteiger partial charge in [0.2, 0.25) is 11.8 Å². The fourth-order valence-corrected chi connectivity index (χ4v) is 6.05. The van der Waals surface area contributed by atoms with E-state index < -0.39 is 35.9 Å². The van der Waals surface area contributed by atoms with Crippen LogP contribution in [0.15, 0.2) is 42.5 Å². The molecule has 5 atom stereocenters. The average molecular weight is 562 g/mol. The van der Waals surface area contributed by atoms with E-state index in [0.29, 0.717) is 19.4 Å². The summed E-state index contributed by atoms with van der Waals surface area (Å²) in [5.74, 6) is 0.399. The molecule has 2 bridgehead atoms. The first-order valence-corrected chi connectivity index (χ1v) is 14.8. The van der Waals surface area contributed by atoms with Crippen LogP contribution in [0.25, 0.3) is 0 Å². The van der Waals surface area contributed by atoms with Crippen LogP contribution in [0.3, 0.4) is 0 Å². The number of aliphatic hydroxyl groups excluding tert-OH is 1. The summed E-state index contributed by atoms with van der Waals surface area (Å²) >= 11 is 0. The van der Waals surface area contributed by atoms with Crippen molar-refractivity contribution in [3.8, 4) is 18.1 Å². The van der Waals surface area contributed by atoms with Gasteiger partial charge >= 0.3 is 0 Å². The highest BCUT2D eigenvalue weighted by Gasteiger charge is 2.58. The molecule has 2 amide bonds. The third-order valence-electron chi connectivity index (χ3n) is 8.68. The van der Waals surface area contributed by atoms with Crippen LogP contribution in [0, 0.1) is 35.9 Å². The maximum Gasteiger partial charge on any atom is 0.227 e. The third kappa shape index (κ3) is 6.91. The van der Waals surface area contributed by atoms with Crippen LogP contribution < -0.4 is 20.7 Å². The van der Waals surface area contributed by atoms with E-state index in [4.69, 9.17) is 11.2 Å². The molecule has 0 saturated heterocycles. The number of amides is 2. The summed E-state index contributed by atoms with van der Waals surface area (Å²) in [7, 11) is 0. The van der Waals surface area contributed by atoms with Crippen LogP contribution in [0.2, 0.25) is 0 Å². The average Bonchev–Trinajstić information content (AvgIpc) is 3.88. The summed E-state index contributed by atoms with van der Waals surface area (Å²) in [6.07, 6.45) is 9.48. The predicted octanol–water partition coefficient (Wildman–Crippen LogP) is 3.58. The Morgan fingerprint density at radius 3 is 2.71 bits per heavy atom. The summed E-state index contributed by atoms with van der Waals surface area (Å²) in [5.41, 5.74) is 2.96. The summed E-state index contributed by atoms with van der Waals surface area (Å²) in [5, 5.41) is 20.6. The summed E-state index contributed by atoms with van der Waals surface area (Å²) in [6.45, 7) is 2.78. The second-order valence-electron chi connectivity index (χ2n) is 11.7. The van der Waals surface area contributed by atoms with E-state index in [-0.39, 0.29) is 29.7 Å². The lowest BCUT2D eigenvalue weighted by Crippen LogP contribution is -2.52. The van der Waals surface area contributed by atoms with E-state index in [9.17, 15) is 19.1 Å². The van der Waals surface area contributed by atoms with Crippen molar-refractivity contribution >= 4 is 11.8 Å². The number of halogens is 1. The quantitative estimate of drug-likeness (QED) is 0.388. The normalized spacial score (nSPS) is 26.4. The fraction of sp³-hybridized carbons (Fsp3) is 0.515. The van der Waals surface area contributed by atoms with Gasteiger partial charge in [-0.2, -0.15) is 0 Å². The topological polar surface area (TPSA) is 99.7 Å². The fourth-order valence-electron chi connectivity index (χ4n) is 6.05. The standard InChI is InChI=1S/C33H40FN3O4/c1-3-9-26-28-29(26)31(40)37-32(27(38)20-36-33(13-14-33)23-12-8-11-21(4-2)16-23)41-25-18-22(17-24(34)19-25)10-6-5-7-15-35-30(28)39/h1,8,11-12,16-19,26-29,32,36,38H,4-7,9-10,13-15,20H2,2H3,(H,35,39)(H,37,40). The summed E-state index contributed by atoms with van der Waals surface area (Å²) in [6, 6.07) is 12.9. The molecular formula is C33H40FN3O4. The predicted molar refractivity (Wildman–Crippen MR) is 154 cm³/mol. The van der Waals surface area contributed by atoms with E-state index in [0.717, 1.165) is 44.1 Å². The number of aliphatic hydroxyl groups is 1. The van der Waals surface area contributed by atoms with Crippen molar-refractivity contribution in [2.45, 2.75) is 76.2 Å². The molecule has 0 spiro atoms. The molecule has 2 aromatic carbocycles. The smallest absolute Gasteiger partial charge is 0.227 e. The number of nitrogens with one attached hydrogen (secondary N) is 3. The van der Waals surface area contributed by atoms with E-state index in [2.05, 4.69) is 47.0 Å². The monoisotopic (exact) mass is 561 g/mol. The molecule has 2 fully saturated rings. The van der Waals surface area contributed by atoms with Gasteiger partial charge in [0.1, 0.15) is 17.7 Å². The molecule has 1 heterocycles. The molecule has 218 valence electrons. The highest BCUT2D eigenvalue weighted by atomic mass is 19.1. The molecule has 0 aromatic heterocycles. The molecular weight excluding hydrogens is 521 g/mol. The largest absolute Gasteiger partial charge is 0.468 e. The minimum atomic E-state index is -1.16. The lowest BCUT2D eigenvalue weighted by atomic mass is 10.0. The molecule has 3 aliphatic rings. The lowest BCUT2D eigenvalue weighted by Gasteiger charge is -2.28. The maximum atomic E-state index is 14.5. The van der Waals surface area contributed by atoms with Crippen molar-refractivity contribution in [1.29, 1.82) is 0 Å². The Morgan fingerprint density at radius 2 is 1.95 bits per heavy atom. The van der Waals surface area contributed by atoms with Gasteiger partial charge in [-0.15, -0.1) is 12.3 Å². The Kier molecular flexibility index (Phi) is 8.96. The van der Waals surface area contributed by atoms with Crippen molar-refractivity contribution < 1.29 is 23.8 Å². The number of hydrogen-bond donors (Lipinski definition) is 4. The van der Waals surface area contributed by atoms with Crippen LogP contribution in [0.4, 0.5) is 4.39 Å². The van der Waals surface area contributed by atoms with E-state index in [1.165, 1.54) is 23.3 Å². The number of hydrogen-bond acceptors (Lipinski definition) is 5. The van der Waals surface area contributed by atoms with Crippen molar-refractivity contribution in [1.82, 2.24) is 16.0 Å². The van der Waals surface area contributed by atoms with Crippen molar-refractivity contribution in [3.63, 3.8) is 0 Å². The van der Waals surface area contributed by atoms with Gasteiger partial charge in [0.25, 0.3) is 0 Å². The minimum Gasteiger partial charge on any atom is -0.468 e. The molecule has 7 nitrogen and oxygen atoms in total. The summed E-state index contributed by atoms with van der Waals surface area (Å²) in [4.78, 5) is 26.3. The molecule has 4 N–H and O–H groups in total.